The lowest BCUT2D eigenvalue weighted by atomic mass is 9.98. The fourth-order valence-corrected chi connectivity index (χ4v) is 2.51. The van der Waals surface area contributed by atoms with Gasteiger partial charge in [0, 0.05) is 19.0 Å². The molecular formula is C15H22N2S. The van der Waals surface area contributed by atoms with Crippen LogP contribution in [0, 0.1) is 5.92 Å². The number of rotatable bonds is 7. The largest absolute Gasteiger partial charge is 0.393 e. The van der Waals surface area contributed by atoms with Gasteiger partial charge in [0.05, 0.1) is 4.99 Å². The molecule has 0 saturated heterocycles. The van der Waals surface area contributed by atoms with Gasteiger partial charge in [-0.25, -0.2) is 0 Å². The van der Waals surface area contributed by atoms with Gasteiger partial charge >= 0.3 is 0 Å². The lowest BCUT2D eigenvalue weighted by Gasteiger charge is -2.26. The van der Waals surface area contributed by atoms with Crippen LogP contribution in [0.1, 0.15) is 31.2 Å². The molecule has 1 saturated carbocycles. The molecule has 0 aliphatic heterocycles. The Morgan fingerprint density at radius 1 is 1.39 bits per heavy atom. The van der Waals surface area contributed by atoms with Crippen LogP contribution in [0.15, 0.2) is 30.3 Å². The van der Waals surface area contributed by atoms with Crippen LogP contribution in [0.4, 0.5) is 0 Å². The van der Waals surface area contributed by atoms with Crippen molar-refractivity contribution in [3.63, 3.8) is 0 Å². The van der Waals surface area contributed by atoms with Crippen molar-refractivity contribution in [2.75, 3.05) is 19.6 Å². The monoisotopic (exact) mass is 262 g/mol. The molecule has 2 rings (SSSR count). The molecule has 1 aliphatic rings. The summed E-state index contributed by atoms with van der Waals surface area (Å²) in [5, 5.41) is 0. The second kappa shape index (κ2) is 6.30. The molecule has 2 N–H and O–H groups in total. The van der Waals surface area contributed by atoms with E-state index in [0.29, 0.717) is 4.99 Å². The van der Waals surface area contributed by atoms with Crippen LogP contribution in [0.25, 0.3) is 0 Å². The Labute approximate surface area is 115 Å². The van der Waals surface area contributed by atoms with Crippen molar-refractivity contribution in [3.8, 4) is 0 Å². The van der Waals surface area contributed by atoms with Gasteiger partial charge in [-0.05, 0) is 30.9 Å². The molecule has 0 amide bonds. The molecule has 0 spiro atoms. The number of nitrogens with zero attached hydrogens (tertiary/aromatic N) is 1. The molecule has 1 aromatic carbocycles. The predicted molar refractivity (Wildman–Crippen MR) is 80.8 cm³/mol. The Hall–Kier alpha value is -0.930. The third-order valence-corrected chi connectivity index (χ3v) is 3.93. The number of hydrogen-bond acceptors (Lipinski definition) is 2. The first-order chi connectivity index (χ1) is 8.70. The van der Waals surface area contributed by atoms with Crippen LogP contribution in [0.3, 0.4) is 0 Å². The molecule has 0 radical (unpaired) electrons. The highest BCUT2D eigenvalue weighted by molar-refractivity contribution is 7.80. The Morgan fingerprint density at radius 2 is 2.06 bits per heavy atom. The minimum atomic E-state index is 0.180. The average Bonchev–Trinajstić information content (AvgIpc) is 3.19. The molecule has 1 atom stereocenters. The van der Waals surface area contributed by atoms with Gasteiger partial charge < -0.3 is 10.6 Å². The fraction of sp³-hybridized carbons (Fsp3) is 0.533. The summed E-state index contributed by atoms with van der Waals surface area (Å²) >= 11 is 5.25. The van der Waals surface area contributed by atoms with Crippen LogP contribution < -0.4 is 5.73 Å². The summed E-state index contributed by atoms with van der Waals surface area (Å²) in [5.74, 6) is 1.09. The number of nitrogens with two attached hydrogens (primary N) is 1. The third kappa shape index (κ3) is 3.79. The SMILES string of the molecule is CCN(CC1CC1)CC(C(N)=S)c1ccccc1. The van der Waals surface area contributed by atoms with Gasteiger partial charge in [0.1, 0.15) is 0 Å². The van der Waals surface area contributed by atoms with Gasteiger partial charge in [-0.15, -0.1) is 0 Å². The highest BCUT2D eigenvalue weighted by Gasteiger charge is 2.26. The zero-order valence-corrected chi connectivity index (χ0v) is 11.8. The van der Waals surface area contributed by atoms with Crippen LogP contribution in [-0.4, -0.2) is 29.5 Å². The summed E-state index contributed by atoms with van der Waals surface area (Å²) in [6.07, 6.45) is 2.78. The molecule has 0 bridgehead atoms. The van der Waals surface area contributed by atoms with Crippen molar-refractivity contribution >= 4 is 17.2 Å². The summed E-state index contributed by atoms with van der Waals surface area (Å²) in [4.78, 5) is 3.09. The first-order valence-corrected chi connectivity index (χ1v) is 7.18. The van der Waals surface area contributed by atoms with Gasteiger partial charge in [0.2, 0.25) is 0 Å². The number of benzene rings is 1. The molecule has 2 nitrogen and oxygen atoms in total. The normalized spacial score (nSPS) is 16.8. The Bertz CT molecular complexity index is 387. The Kier molecular flexibility index (Phi) is 4.72. The van der Waals surface area contributed by atoms with Crippen molar-refractivity contribution < 1.29 is 0 Å². The first-order valence-electron chi connectivity index (χ1n) is 6.77. The maximum atomic E-state index is 5.92. The molecule has 98 valence electrons. The predicted octanol–water partition coefficient (Wildman–Crippen LogP) is 2.79. The van der Waals surface area contributed by atoms with E-state index in [1.165, 1.54) is 24.9 Å². The smallest absolute Gasteiger partial charge is 0.0816 e. The van der Waals surface area contributed by atoms with Crippen molar-refractivity contribution in [1.29, 1.82) is 0 Å². The van der Waals surface area contributed by atoms with Gasteiger partial charge in [0.25, 0.3) is 0 Å². The molecule has 3 heteroatoms. The quantitative estimate of drug-likeness (QED) is 0.766. The van der Waals surface area contributed by atoms with E-state index in [1.807, 2.05) is 6.07 Å². The molecule has 18 heavy (non-hydrogen) atoms. The average molecular weight is 262 g/mol. The highest BCUT2D eigenvalue weighted by atomic mass is 32.1. The molecular weight excluding hydrogens is 240 g/mol. The van der Waals surface area contributed by atoms with E-state index in [1.54, 1.807) is 0 Å². The lowest BCUT2D eigenvalue weighted by molar-refractivity contribution is 0.274. The third-order valence-electron chi connectivity index (χ3n) is 3.65. The maximum absolute atomic E-state index is 5.92. The van der Waals surface area contributed by atoms with Crippen LogP contribution >= 0.6 is 12.2 Å². The summed E-state index contributed by atoms with van der Waals surface area (Å²) in [6.45, 7) is 5.43. The van der Waals surface area contributed by atoms with Crippen LogP contribution in [0.2, 0.25) is 0 Å². The lowest BCUT2D eigenvalue weighted by Crippen LogP contribution is -2.35. The molecule has 1 unspecified atom stereocenters. The summed E-state index contributed by atoms with van der Waals surface area (Å²) < 4.78 is 0. The van der Waals surface area contributed by atoms with Gasteiger partial charge in [-0.2, -0.15) is 0 Å². The molecule has 0 aromatic heterocycles. The number of likely N-dealkylation sites (N-methyl/N-ethyl adjacent to an activating group) is 1. The van der Waals surface area contributed by atoms with Gasteiger partial charge in [-0.3, -0.25) is 0 Å². The maximum Gasteiger partial charge on any atom is 0.0816 e. The fourth-order valence-electron chi connectivity index (χ4n) is 2.30. The van der Waals surface area contributed by atoms with Crippen molar-refractivity contribution in [2.45, 2.75) is 25.7 Å². The van der Waals surface area contributed by atoms with E-state index in [4.69, 9.17) is 18.0 Å². The summed E-state index contributed by atoms with van der Waals surface area (Å²) in [5.41, 5.74) is 7.16. The van der Waals surface area contributed by atoms with Crippen LogP contribution in [-0.2, 0) is 0 Å². The standard InChI is InChI=1S/C15H22N2S/c1-2-17(10-12-8-9-12)11-14(15(16)18)13-6-4-3-5-7-13/h3-7,12,14H,2,8-11H2,1H3,(H2,16,18). The minimum Gasteiger partial charge on any atom is -0.393 e. The molecule has 1 aliphatic carbocycles. The second-order valence-electron chi connectivity index (χ2n) is 5.16. The zero-order valence-electron chi connectivity index (χ0n) is 11.0. The Balaban J connectivity index is 2.02. The molecule has 1 fully saturated rings. The van der Waals surface area contributed by atoms with E-state index in [0.717, 1.165) is 19.0 Å². The second-order valence-corrected chi connectivity index (χ2v) is 5.63. The Morgan fingerprint density at radius 3 is 2.56 bits per heavy atom. The first kappa shape index (κ1) is 13.5. The number of hydrogen-bond donors (Lipinski definition) is 1. The minimum absolute atomic E-state index is 0.180. The summed E-state index contributed by atoms with van der Waals surface area (Å²) in [6, 6.07) is 10.4. The van der Waals surface area contributed by atoms with E-state index in [9.17, 15) is 0 Å². The van der Waals surface area contributed by atoms with Crippen molar-refractivity contribution in [1.82, 2.24) is 4.90 Å². The molecule has 1 aromatic rings. The van der Waals surface area contributed by atoms with E-state index in [-0.39, 0.29) is 5.92 Å². The van der Waals surface area contributed by atoms with E-state index < -0.39 is 0 Å². The highest BCUT2D eigenvalue weighted by Crippen LogP contribution is 2.30. The van der Waals surface area contributed by atoms with Gasteiger partial charge in [0.15, 0.2) is 0 Å². The van der Waals surface area contributed by atoms with E-state index in [2.05, 4.69) is 36.1 Å². The van der Waals surface area contributed by atoms with Crippen molar-refractivity contribution in [3.05, 3.63) is 35.9 Å². The zero-order chi connectivity index (χ0) is 13.0. The number of thiocarbonyl (C=S) groups is 1. The van der Waals surface area contributed by atoms with Gasteiger partial charge in [-0.1, -0.05) is 49.5 Å². The van der Waals surface area contributed by atoms with Crippen molar-refractivity contribution in [2.24, 2.45) is 11.7 Å². The van der Waals surface area contributed by atoms with Crippen LogP contribution in [0.5, 0.6) is 0 Å². The summed E-state index contributed by atoms with van der Waals surface area (Å²) in [7, 11) is 0. The topological polar surface area (TPSA) is 29.3 Å². The van der Waals surface area contributed by atoms with E-state index >= 15 is 0 Å². The molecule has 0 heterocycles.